The molecular formula is C10H20FNS. The summed E-state index contributed by atoms with van der Waals surface area (Å²) in [6, 6.07) is 0. The van der Waals surface area contributed by atoms with Crippen LogP contribution >= 0.6 is 11.8 Å². The van der Waals surface area contributed by atoms with E-state index in [0.717, 1.165) is 12.2 Å². The number of hydrogen-bond donors (Lipinski definition) is 1. The molecule has 1 fully saturated rings. The van der Waals surface area contributed by atoms with Gasteiger partial charge in [-0.25, -0.2) is 4.39 Å². The highest BCUT2D eigenvalue weighted by atomic mass is 32.2. The lowest BCUT2D eigenvalue weighted by molar-refractivity contribution is 0.147. The van der Waals surface area contributed by atoms with Crippen LogP contribution in [0.4, 0.5) is 4.39 Å². The van der Waals surface area contributed by atoms with Gasteiger partial charge in [0.15, 0.2) is 0 Å². The van der Waals surface area contributed by atoms with Crippen LogP contribution in [0.5, 0.6) is 0 Å². The van der Waals surface area contributed by atoms with Gasteiger partial charge in [-0.15, -0.1) is 0 Å². The maximum absolute atomic E-state index is 13.8. The second-order valence-electron chi connectivity index (χ2n) is 4.23. The minimum absolute atomic E-state index is 0.480. The lowest BCUT2D eigenvalue weighted by Gasteiger charge is -2.28. The van der Waals surface area contributed by atoms with Crippen LogP contribution in [0.1, 0.15) is 26.2 Å². The Balaban J connectivity index is 2.28. The average molecular weight is 205 g/mol. The highest BCUT2D eigenvalue weighted by Gasteiger charge is 2.27. The first kappa shape index (κ1) is 11.3. The number of thioether (sulfide) groups is 1. The van der Waals surface area contributed by atoms with Crippen molar-refractivity contribution in [2.75, 3.05) is 25.1 Å². The normalized spacial score (nSPS) is 28.4. The molecule has 1 heterocycles. The van der Waals surface area contributed by atoms with Crippen molar-refractivity contribution in [2.24, 2.45) is 5.92 Å². The molecule has 2 unspecified atom stereocenters. The summed E-state index contributed by atoms with van der Waals surface area (Å²) in [6.07, 6.45) is 3.21. The van der Waals surface area contributed by atoms with Gasteiger partial charge in [0.2, 0.25) is 0 Å². The summed E-state index contributed by atoms with van der Waals surface area (Å²) < 4.78 is 13.8. The number of hydrogen-bond acceptors (Lipinski definition) is 2. The van der Waals surface area contributed by atoms with Crippen molar-refractivity contribution in [1.82, 2.24) is 5.32 Å². The molecule has 1 nitrogen and oxygen atoms in total. The van der Waals surface area contributed by atoms with Crippen molar-refractivity contribution in [3.05, 3.63) is 0 Å². The molecule has 13 heavy (non-hydrogen) atoms. The Morgan fingerprint density at radius 1 is 1.62 bits per heavy atom. The van der Waals surface area contributed by atoms with Crippen LogP contribution in [-0.2, 0) is 0 Å². The third-order valence-corrected chi connectivity index (χ3v) is 3.80. The van der Waals surface area contributed by atoms with E-state index in [1.165, 1.54) is 18.6 Å². The fourth-order valence-corrected chi connectivity index (χ4v) is 3.17. The summed E-state index contributed by atoms with van der Waals surface area (Å²) in [5, 5.41) is 2.92. The first-order valence-corrected chi connectivity index (χ1v) is 6.21. The van der Waals surface area contributed by atoms with E-state index in [0.29, 0.717) is 12.5 Å². The van der Waals surface area contributed by atoms with Crippen LogP contribution in [0.15, 0.2) is 0 Å². The smallest absolute Gasteiger partial charge is 0.120 e. The van der Waals surface area contributed by atoms with Gasteiger partial charge in [-0.2, -0.15) is 11.8 Å². The predicted molar refractivity (Wildman–Crippen MR) is 58.1 cm³/mol. The summed E-state index contributed by atoms with van der Waals surface area (Å²) >= 11 is 1.97. The van der Waals surface area contributed by atoms with Crippen molar-refractivity contribution in [3.8, 4) is 0 Å². The van der Waals surface area contributed by atoms with Gasteiger partial charge in [0.05, 0.1) is 0 Å². The third kappa shape index (κ3) is 4.32. The van der Waals surface area contributed by atoms with Crippen molar-refractivity contribution < 1.29 is 4.39 Å². The zero-order chi connectivity index (χ0) is 9.73. The van der Waals surface area contributed by atoms with E-state index >= 15 is 0 Å². The van der Waals surface area contributed by atoms with Crippen LogP contribution in [0, 0.1) is 5.92 Å². The van der Waals surface area contributed by atoms with Gasteiger partial charge < -0.3 is 5.32 Å². The van der Waals surface area contributed by atoms with Crippen LogP contribution in [0.3, 0.4) is 0 Å². The molecule has 78 valence electrons. The fraction of sp³-hybridized carbons (Fsp3) is 1.00. The molecule has 0 aromatic rings. The quantitative estimate of drug-likeness (QED) is 0.756. The summed E-state index contributed by atoms with van der Waals surface area (Å²) in [6.45, 7) is 2.19. The molecule has 1 N–H and O–H groups in total. The Morgan fingerprint density at radius 2 is 2.38 bits per heavy atom. The number of halogens is 1. The van der Waals surface area contributed by atoms with Crippen molar-refractivity contribution in [3.63, 3.8) is 0 Å². The molecule has 1 saturated heterocycles. The van der Waals surface area contributed by atoms with E-state index in [2.05, 4.69) is 5.32 Å². The van der Waals surface area contributed by atoms with Crippen LogP contribution < -0.4 is 5.32 Å². The van der Waals surface area contributed by atoms with E-state index < -0.39 is 5.67 Å². The standard InChI is InChI=1S/C10H20FNS/c1-10(11,8-12-2)6-9-4-3-5-13-7-9/h9,12H,3-8H2,1-2H3. The summed E-state index contributed by atoms with van der Waals surface area (Å²) in [5.41, 5.74) is -1.02. The van der Waals surface area contributed by atoms with E-state index in [9.17, 15) is 4.39 Å². The number of nitrogens with one attached hydrogen (secondary N) is 1. The second-order valence-corrected chi connectivity index (χ2v) is 5.38. The van der Waals surface area contributed by atoms with E-state index in [4.69, 9.17) is 0 Å². The lowest BCUT2D eigenvalue weighted by Crippen LogP contribution is -2.35. The van der Waals surface area contributed by atoms with E-state index in [1.54, 1.807) is 6.92 Å². The van der Waals surface area contributed by atoms with Gasteiger partial charge in [0, 0.05) is 6.54 Å². The Bertz CT molecular complexity index is 144. The summed E-state index contributed by atoms with van der Waals surface area (Å²) in [5.74, 6) is 3.02. The molecule has 3 heteroatoms. The van der Waals surface area contributed by atoms with Gasteiger partial charge in [0.25, 0.3) is 0 Å². The van der Waals surface area contributed by atoms with Crippen molar-refractivity contribution in [2.45, 2.75) is 31.9 Å². The van der Waals surface area contributed by atoms with Crippen molar-refractivity contribution >= 4 is 11.8 Å². The maximum Gasteiger partial charge on any atom is 0.120 e. The monoisotopic (exact) mass is 205 g/mol. The van der Waals surface area contributed by atoms with Gasteiger partial charge in [-0.3, -0.25) is 0 Å². The summed E-state index contributed by atoms with van der Waals surface area (Å²) in [4.78, 5) is 0. The molecule has 0 bridgehead atoms. The van der Waals surface area contributed by atoms with E-state index in [1.807, 2.05) is 18.8 Å². The van der Waals surface area contributed by atoms with Gasteiger partial charge >= 0.3 is 0 Å². The van der Waals surface area contributed by atoms with Crippen LogP contribution in [0.25, 0.3) is 0 Å². The predicted octanol–water partition coefficient (Wildman–Crippen LogP) is 2.47. The van der Waals surface area contributed by atoms with Crippen LogP contribution in [0.2, 0.25) is 0 Å². The van der Waals surface area contributed by atoms with Gasteiger partial charge in [-0.1, -0.05) is 0 Å². The molecule has 0 amide bonds. The average Bonchev–Trinajstić information content (AvgIpc) is 2.04. The number of alkyl halides is 1. The highest BCUT2D eigenvalue weighted by Crippen LogP contribution is 2.30. The molecule has 0 aromatic heterocycles. The number of rotatable bonds is 4. The topological polar surface area (TPSA) is 12.0 Å². The highest BCUT2D eigenvalue weighted by molar-refractivity contribution is 7.99. The SMILES string of the molecule is CNCC(C)(F)CC1CCCSC1. The van der Waals surface area contributed by atoms with Crippen molar-refractivity contribution in [1.29, 1.82) is 0 Å². The molecule has 0 spiro atoms. The Hall–Kier alpha value is 0.240. The zero-order valence-corrected chi connectivity index (χ0v) is 9.42. The molecule has 0 aromatic carbocycles. The first-order chi connectivity index (χ1) is 6.14. The third-order valence-electron chi connectivity index (χ3n) is 2.51. The second kappa shape index (κ2) is 5.20. The Labute approximate surface area is 84.9 Å². The van der Waals surface area contributed by atoms with Crippen LogP contribution in [-0.4, -0.2) is 30.8 Å². The molecule has 1 rings (SSSR count). The summed E-state index contributed by atoms with van der Waals surface area (Å²) in [7, 11) is 1.81. The Morgan fingerprint density at radius 3 is 2.92 bits per heavy atom. The first-order valence-electron chi connectivity index (χ1n) is 5.05. The maximum atomic E-state index is 13.8. The molecule has 0 saturated carbocycles. The van der Waals surface area contributed by atoms with Gasteiger partial charge in [0.1, 0.15) is 5.67 Å². The molecule has 0 aliphatic carbocycles. The molecular weight excluding hydrogens is 185 g/mol. The zero-order valence-electron chi connectivity index (χ0n) is 8.61. The molecule has 1 aliphatic rings. The minimum atomic E-state index is -1.02. The molecule has 1 aliphatic heterocycles. The van der Waals surface area contributed by atoms with Gasteiger partial charge in [-0.05, 0) is 50.7 Å². The van der Waals surface area contributed by atoms with E-state index in [-0.39, 0.29) is 0 Å². The Kier molecular flexibility index (Phi) is 4.53. The minimum Gasteiger partial charge on any atom is -0.317 e. The molecule has 2 atom stereocenters. The fourth-order valence-electron chi connectivity index (χ4n) is 2.01. The lowest BCUT2D eigenvalue weighted by atomic mass is 9.91. The largest absolute Gasteiger partial charge is 0.317 e. The molecule has 0 radical (unpaired) electrons.